The van der Waals surface area contributed by atoms with Crippen LogP contribution in [0.4, 0.5) is 0 Å². The van der Waals surface area contributed by atoms with Crippen molar-refractivity contribution < 1.29 is 4.79 Å². The highest BCUT2D eigenvalue weighted by Gasteiger charge is 1.99. The molecule has 0 rings (SSSR count). The van der Waals surface area contributed by atoms with Gasteiger partial charge in [0.15, 0.2) is 0 Å². The SMILES string of the molecule is C/C=C\C(C)C(C)=O. The Kier molecular flexibility index (Phi) is 3.16. The lowest BCUT2D eigenvalue weighted by Crippen LogP contribution is -2.01. The zero-order valence-electron chi connectivity index (χ0n) is 5.64. The molecular weight excluding hydrogens is 100 g/mol. The van der Waals surface area contributed by atoms with E-state index in [0.717, 1.165) is 0 Å². The van der Waals surface area contributed by atoms with Gasteiger partial charge in [0, 0.05) is 5.92 Å². The zero-order chi connectivity index (χ0) is 6.57. The third kappa shape index (κ3) is 2.56. The van der Waals surface area contributed by atoms with Crippen LogP contribution in [0.3, 0.4) is 0 Å². The molecule has 0 fully saturated rings. The van der Waals surface area contributed by atoms with Crippen LogP contribution in [0.25, 0.3) is 0 Å². The van der Waals surface area contributed by atoms with Gasteiger partial charge in [0.1, 0.15) is 5.78 Å². The van der Waals surface area contributed by atoms with Crippen molar-refractivity contribution in [3.05, 3.63) is 12.2 Å². The molecule has 0 radical (unpaired) electrons. The zero-order valence-corrected chi connectivity index (χ0v) is 5.64. The normalized spacial score (nSPS) is 14.4. The van der Waals surface area contributed by atoms with Gasteiger partial charge >= 0.3 is 0 Å². The highest BCUT2D eigenvalue weighted by Crippen LogP contribution is 1.96. The van der Waals surface area contributed by atoms with E-state index in [1.807, 2.05) is 26.0 Å². The molecule has 1 atom stereocenters. The molecule has 0 saturated heterocycles. The molecule has 0 aliphatic carbocycles. The Balaban J connectivity index is 3.64. The summed E-state index contributed by atoms with van der Waals surface area (Å²) in [5.41, 5.74) is 0. The number of ketones is 1. The lowest BCUT2D eigenvalue weighted by Gasteiger charge is -1.95. The number of hydrogen-bond donors (Lipinski definition) is 0. The van der Waals surface area contributed by atoms with Gasteiger partial charge in [0.2, 0.25) is 0 Å². The molecule has 0 saturated carbocycles. The summed E-state index contributed by atoms with van der Waals surface area (Å²) < 4.78 is 0. The van der Waals surface area contributed by atoms with Crippen LogP contribution in [0.15, 0.2) is 12.2 Å². The summed E-state index contributed by atoms with van der Waals surface area (Å²) in [7, 11) is 0. The van der Waals surface area contributed by atoms with Gasteiger partial charge in [-0.1, -0.05) is 19.1 Å². The minimum Gasteiger partial charge on any atom is -0.299 e. The van der Waals surface area contributed by atoms with Crippen LogP contribution in [-0.4, -0.2) is 5.78 Å². The smallest absolute Gasteiger partial charge is 0.136 e. The van der Waals surface area contributed by atoms with Crippen LogP contribution in [0, 0.1) is 5.92 Å². The van der Waals surface area contributed by atoms with Gasteiger partial charge in [0.25, 0.3) is 0 Å². The molecule has 0 amide bonds. The first-order valence-corrected chi connectivity index (χ1v) is 2.81. The third-order valence-electron chi connectivity index (χ3n) is 1.12. The van der Waals surface area contributed by atoms with Crippen molar-refractivity contribution in [3.63, 3.8) is 0 Å². The summed E-state index contributed by atoms with van der Waals surface area (Å²) in [5.74, 6) is 0.322. The molecule has 0 bridgehead atoms. The maximum absolute atomic E-state index is 10.5. The van der Waals surface area contributed by atoms with E-state index in [1.165, 1.54) is 0 Å². The third-order valence-corrected chi connectivity index (χ3v) is 1.12. The molecule has 1 heteroatoms. The number of Topliss-reactive ketones (excluding diaryl/α,β-unsaturated/α-hetero) is 1. The van der Waals surface area contributed by atoms with Crippen molar-refractivity contribution in [2.24, 2.45) is 5.92 Å². The number of allylic oxidation sites excluding steroid dienone is 2. The largest absolute Gasteiger partial charge is 0.299 e. The molecule has 0 aromatic heterocycles. The van der Waals surface area contributed by atoms with Crippen LogP contribution in [0.1, 0.15) is 20.8 Å². The monoisotopic (exact) mass is 112 g/mol. The van der Waals surface area contributed by atoms with Crippen LogP contribution >= 0.6 is 0 Å². The van der Waals surface area contributed by atoms with Crippen molar-refractivity contribution in [3.8, 4) is 0 Å². The number of hydrogen-bond acceptors (Lipinski definition) is 1. The minimum atomic E-state index is 0.0972. The molecule has 0 aromatic rings. The molecule has 0 aromatic carbocycles. The van der Waals surface area contributed by atoms with Gasteiger partial charge in [-0.15, -0.1) is 0 Å². The Labute approximate surface area is 50.4 Å². The van der Waals surface area contributed by atoms with Crippen molar-refractivity contribution >= 4 is 5.78 Å². The predicted molar refractivity (Wildman–Crippen MR) is 34.7 cm³/mol. The quantitative estimate of drug-likeness (QED) is 0.498. The molecule has 1 unspecified atom stereocenters. The highest BCUT2D eigenvalue weighted by molar-refractivity contribution is 5.79. The fraction of sp³-hybridized carbons (Fsp3) is 0.571. The summed E-state index contributed by atoms with van der Waals surface area (Å²) >= 11 is 0. The van der Waals surface area contributed by atoms with Gasteiger partial charge in [-0.2, -0.15) is 0 Å². The fourth-order valence-electron chi connectivity index (χ4n) is 0.424. The fourth-order valence-corrected chi connectivity index (χ4v) is 0.424. The van der Waals surface area contributed by atoms with Crippen molar-refractivity contribution in [2.45, 2.75) is 20.8 Å². The molecule has 0 N–H and O–H groups in total. The molecular formula is C7H12O. The summed E-state index contributed by atoms with van der Waals surface area (Å²) in [4.78, 5) is 10.5. The van der Waals surface area contributed by atoms with Gasteiger partial charge in [-0.3, -0.25) is 4.79 Å². The lowest BCUT2D eigenvalue weighted by molar-refractivity contribution is -0.118. The second-order valence-corrected chi connectivity index (χ2v) is 1.93. The van der Waals surface area contributed by atoms with E-state index < -0.39 is 0 Å². The second kappa shape index (κ2) is 3.42. The van der Waals surface area contributed by atoms with Crippen molar-refractivity contribution in [2.75, 3.05) is 0 Å². The summed E-state index contributed by atoms with van der Waals surface area (Å²) in [6.07, 6.45) is 3.79. The molecule has 0 aliphatic rings. The first kappa shape index (κ1) is 7.41. The maximum Gasteiger partial charge on any atom is 0.136 e. The number of carbonyl (C=O) groups excluding carboxylic acids is 1. The summed E-state index contributed by atoms with van der Waals surface area (Å²) in [6.45, 7) is 5.41. The summed E-state index contributed by atoms with van der Waals surface area (Å²) in [6, 6.07) is 0. The first-order valence-electron chi connectivity index (χ1n) is 2.81. The number of carbonyl (C=O) groups is 1. The standard InChI is InChI=1S/C7H12O/c1-4-5-6(2)7(3)8/h4-6H,1-3H3/b5-4-. The molecule has 8 heavy (non-hydrogen) atoms. The first-order chi connectivity index (χ1) is 3.68. The lowest BCUT2D eigenvalue weighted by atomic mass is 10.1. The van der Waals surface area contributed by atoms with Crippen LogP contribution in [-0.2, 0) is 4.79 Å². The maximum atomic E-state index is 10.5. The van der Waals surface area contributed by atoms with Crippen molar-refractivity contribution in [1.29, 1.82) is 0 Å². The molecule has 46 valence electrons. The Morgan fingerprint density at radius 2 is 2.12 bits per heavy atom. The van der Waals surface area contributed by atoms with E-state index in [-0.39, 0.29) is 11.7 Å². The minimum absolute atomic E-state index is 0.0972. The number of rotatable bonds is 2. The molecule has 1 nitrogen and oxygen atoms in total. The van der Waals surface area contributed by atoms with Gasteiger partial charge < -0.3 is 0 Å². The average molecular weight is 112 g/mol. The second-order valence-electron chi connectivity index (χ2n) is 1.93. The van der Waals surface area contributed by atoms with Gasteiger partial charge in [0.05, 0.1) is 0 Å². The Morgan fingerprint density at radius 3 is 2.25 bits per heavy atom. The van der Waals surface area contributed by atoms with Gasteiger partial charge in [-0.05, 0) is 13.8 Å². The van der Waals surface area contributed by atoms with E-state index in [1.54, 1.807) is 6.92 Å². The predicted octanol–water partition coefficient (Wildman–Crippen LogP) is 1.79. The highest BCUT2D eigenvalue weighted by atomic mass is 16.1. The molecule has 0 spiro atoms. The Bertz CT molecular complexity index is 103. The van der Waals surface area contributed by atoms with Crippen LogP contribution in [0.5, 0.6) is 0 Å². The van der Waals surface area contributed by atoms with E-state index in [2.05, 4.69) is 0 Å². The topological polar surface area (TPSA) is 17.1 Å². The van der Waals surface area contributed by atoms with Crippen molar-refractivity contribution in [1.82, 2.24) is 0 Å². The van der Waals surface area contributed by atoms with Crippen LogP contribution in [0.2, 0.25) is 0 Å². The Hall–Kier alpha value is -0.590. The van der Waals surface area contributed by atoms with E-state index in [4.69, 9.17) is 0 Å². The van der Waals surface area contributed by atoms with E-state index in [9.17, 15) is 4.79 Å². The molecule has 0 heterocycles. The van der Waals surface area contributed by atoms with Gasteiger partial charge in [-0.25, -0.2) is 0 Å². The van der Waals surface area contributed by atoms with E-state index in [0.29, 0.717) is 0 Å². The summed E-state index contributed by atoms with van der Waals surface area (Å²) in [5, 5.41) is 0. The average Bonchev–Trinajstić information content (AvgIpc) is 1.67. The Morgan fingerprint density at radius 1 is 1.62 bits per heavy atom. The molecule has 0 aliphatic heterocycles. The van der Waals surface area contributed by atoms with Crippen LogP contribution < -0.4 is 0 Å². The van der Waals surface area contributed by atoms with E-state index >= 15 is 0 Å².